The minimum Gasteiger partial charge on any atom is -0.330 e. The van der Waals surface area contributed by atoms with E-state index >= 15 is 0 Å². The van der Waals surface area contributed by atoms with Crippen molar-refractivity contribution in [2.24, 2.45) is 5.73 Å². The molecular formula is C37H42N6O4. The van der Waals surface area contributed by atoms with Crippen molar-refractivity contribution >= 4 is 45.2 Å². The molecule has 0 aromatic heterocycles. The summed E-state index contributed by atoms with van der Waals surface area (Å²) >= 11 is 0. The molecule has 0 bridgehead atoms. The van der Waals surface area contributed by atoms with Crippen LogP contribution in [0.5, 0.6) is 0 Å². The van der Waals surface area contributed by atoms with E-state index in [9.17, 15) is 19.2 Å². The number of hydrogen-bond donors (Lipinski definition) is 4. The Bertz CT molecular complexity index is 1690. The summed E-state index contributed by atoms with van der Waals surface area (Å²) in [6.45, 7) is 5.59. The molecule has 10 heteroatoms. The predicted molar refractivity (Wildman–Crippen MR) is 183 cm³/mol. The van der Waals surface area contributed by atoms with Crippen LogP contribution in [0.15, 0.2) is 72.8 Å². The van der Waals surface area contributed by atoms with Gasteiger partial charge in [0, 0.05) is 0 Å². The third-order valence-electron chi connectivity index (χ3n) is 9.02. The van der Waals surface area contributed by atoms with Gasteiger partial charge in [0.15, 0.2) is 0 Å². The average molecular weight is 635 g/mol. The molecule has 10 nitrogen and oxygen atoms in total. The molecule has 2 aliphatic rings. The Morgan fingerprint density at radius 2 is 0.957 bits per heavy atom. The smallest absolute Gasteiger partial charge is 0.263 e. The summed E-state index contributed by atoms with van der Waals surface area (Å²) in [5.74, 6) is -1.99. The van der Waals surface area contributed by atoms with Gasteiger partial charge in [-0.2, -0.15) is 0 Å². The highest BCUT2D eigenvalue weighted by atomic mass is 16.2. The van der Waals surface area contributed by atoms with E-state index in [2.05, 4.69) is 16.0 Å². The topological polar surface area (TPSA) is 137 Å². The molecule has 2 heterocycles. The van der Waals surface area contributed by atoms with Crippen LogP contribution in [-0.2, 0) is 0 Å². The number of nitrogens with one attached hydrogen (secondary N) is 3. The highest BCUT2D eigenvalue weighted by Gasteiger charge is 2.49. The number of rotatable bonds is 17. The van der Waals surface area contributed by atoms with Crippen molar-refractivity contribution in [3.63, 3.8) is 0 Å². The van der Waals surface area contributed by atoms with Gasteiger partial charge in [0.1, 0.15) is 6.17 Å². The molecule has 0 aliphatic carbocycles. The van der Waals surface area contributed by atoms with Gasteiger partial charge in [0.2, 0.25) is 0 Å². The Balaban J connectivity index is 1.14. The second-order valence-corrected chi connectivity index (χ2v) is 12.1. The van der Waals surface area contributed by atoms with Gasteiger partial charge in [-0.1, -0.05) is 60.7 Å². The Morgan fingerprint density at radius 1 is 0.511 bits per heavy atom. The van der Waals surface area contributed by atoms with Gasteiger partial charge in [0.25, 0.3) is 23.6 Å². The minimum atomic E-state index is -1.09. The molecule has 6 rings (SSSR count). The van der Waals surface area contributed by atoms with Crippen LogP contribution < -0.4 is 21.7 Å². The monoisotopic (exact) mass is 634 g/mol. The fraction of sp³-hybridized carbons (Fsp3) is 0.351. The number of carbonyl (C=O) groups is 4. The maximum absolute atomic E-state index is 14.1. The zero-order valence-corrected chi connectivity index (χ0v) is 26.6. The highest BCUT2D eigenvalue weighted by molar-refractivity contribution is 6.29. The maximum atomic E-state index is 14.1. The van der Waals surface area contributed by atoms with E-state index in [1.165, 1.54) is 0 Å². The van der Waals surface area contributed by atoms with Crippen molar-refractivity contribution in [1.82, 2.24) is 25.8 Å². The number of imide groups is 2. The van der Waals surface area contributed by atoms with E-state index in [1.54, 1.807) is 12.1 Å². The molecule has 47 heavy (non-hydrogen) atoms. The molecule has 0 spiro atoms. The second kappa shape index (κ2) is 15.0. The molecule has 0 saturated heterocycles. The number of carbonyl (C=O) groups excluding carboxylic acids is 4. The first-order chi connectivity index (χ1) is 23.0. The quantitative estimate of drug-likeness (QED) is 0.102. The van der Waals surface area contributed by atoms with Crippen molar-refractivity contribution in [1.29, 1.82) is 0 Å². The van der Waals surface area contributed by atoms with Gasteiger partial charge in [-0.25, -0.2) is 0 Å². The predicted octanol–water partition coefficient (Wildman–Crippen LogP) is 3.89. The third-order valence-corrected chi connectivity index (χ3v) is 9.02. The number of benzene rings is 4. The summed E-state index contributed by atoms with van der Waals surface area (Å²) < 4.78 is 0. The molecule has 0 radical (unpaired) electrons. The summed E-state index contributed by atoms with van der Waals surface area (Å²) in [5, 5.41) is 13.3. The normalized spacial score (nSPS) is 14.3. The van der Waals surface area contributed by atoms with Crippen LogP contribution in [0, 0.1) is 0 Å². The molecule has 0 saturated carbocycles. The first kappa shape index (κ1) is 32.5. The molecule has 0 atom stereocenters. The lowest BCUT2D eigenvalue weighted by Crippen LogP contribution is -2.54. The first-order valence-corrected chi connectivity index (χ1v) is 16.6. The Kier molecular flexibility index (Phi) is 10.3. The number of nitrogens with zero attached hydrogens (tertiary/aromatic N) is 2. The van der Waals surface area contributed by atoms with Crippen LogP contribution in [0.2, 0.25) is 0 Å². The second-order valence-electron chi connectivity index (χ2n) is 12.1. The molecule has 0 unspecified atom stereocenters. The van der Waals surface area contributed by atoms with Gasteiger partial charge < -0.3 is 21.7 Å². The number of nitrogens with two attached hydrogens (primary N) is 1. The Morgan fingerprint density at radius 3 is 1.47 bits per heavy atom. The number of amides is 4. The highest BCUT2D eigenvalue weighted by Crippen LogP contribution is 2.37. The molecule has 0 fully saturated rings. The molecule has 244 valence electrons. The lowest BCUT2D eigenvalue weighted by atomic mass is 10.0. The zero-order valence-electron chi connectivity index (χ0n) is 26.6. The largest absolute Gasteiger partial charge is 0.330 e. The molecule has 4 aromatic carbocycles. The van der Waals surface area contributed by atoms with Gasteiger partial charge in [-0.3, -0.25) is 29.0 Å². The molecule has 2 aliphatic heterocycles. The van der Waals surface area contributed by atoms with Crippen molar-refractivity contribution < 1.29 is 19.2 Å². The maximum Gasteiger partial charge on any atom is 0.263 e. The van der Waals surface area contributed by atoms with Crippen molar-refractivity contribution in [2.45, 2.75) is 38.3 Å². The average Bonchev–Trinajstić information content (AvgIpc) is 3.51. The summed E-state index contributed by atoms with van der Waals surface area (Å²) in [6.07, 6.45) is 3.21. The van der Waals surface area contributed by atoms with Gasteiger partial charge in [0.05, 0.1) is 22.3 Å². The summed E-state index contributed by atoms with van der Waals surface area (Å²) in [7, 11) is 0. The summed E-state index contributed by atoms with van der Waals surface area (Å²) in [4.78, 5) is 58.2. The summed E-state index contributed by atoms with van der Waals surface area (Å²) in [6, 6.07) is 21.8. The van der Waals surface area contributed by atoms with Crippen molar-refractivity contribution in [3.8, 4) is 0 Å². The summed E-state index contributed by atoms with van der Waals surface area (Å²) in [5.41, 5.74) is 6.70. The van der Waals surface area contributed by atoms with Crippen LogP contribution >= 0.6 is 0 Å². The van der Waals surface area contributed by atoms with E-state index in [4.69, 9.17) is 5.73 Å². The van der Waals surface area contributed by atoms with Crippen LogP contribution in [0.3, 0.4) is 0 Å². The van der Waals surface area contributed by atoms with Crippen LogP contribution in [-0.4, -0.2) is 85.4 Å². The fourth-order valence-corrected chi connectivity index (χ4v) is 6.63. The van der Waals surface area contributed by atoms with Crippen LogP contribution in [0.4, 0.5) is 0 Å². The van der Waals surface area contributed by atoms with Crippen molar-refractivity contribution in [3.05, 3.63) is 95.1 Å². The first-order valence-electron chi connectivity index (χ1n) is 16.6. The van der Waals surface area contributed by atoms with Crippen molar-refractivity contribution in [2.75, 3.05) is 45.8 Å². The number of fused-ring (bicyclic) bond motifs is 6. The van der Waals surface area contributed by atoms with E-state index in [0.717, 1.165) is 72.4 Å². The third kappa shape index (κ3) is 6.55. The molecule has 4 amide bonds. The minimum absolute atomic E-state index is 0.206. The molecule has 5 N–H and O–H groups in total. The van der Waals surface area contributed by atoms with Gasteiger partial charge in [-0.05, 0) is 112 Å². The van der Waals surface area contributed by atoms with E-state index < -0.39 is 29.8 Å². The van der Waals surface area contributed by atoms with Gasteiger partial charge >= 0.3 is 0 Å². The number of unbranched alkanes of at least 4 members (excludes halogenated alkanes) is 1. The lowest BCUT2D eigenvalue weighted by Gasteiger charge is -2.33. The molecular weight excluding hydrogens is 592 g/mol. The zero-order chi connectivity index (χ0) is 32.8. The van der Waals surface area contributed by atoms with E-state index in [1.807, 2.05) is 60.7 Å². The SMILES string of the molecule is NCCCNCCCCNCCCNCCC(N1C(=O)c2ccc3ccccc3c2C1=O)N1C(=O)c2ccc3ccccc3c2C1=O. The fourth-order valence-electron chi connectivity index (χ4n) is 6.63. The Labute approximate surface area is 274 Å². The number of hydrogen-bond acceptors (Lipinski definition) is 8. The standard InChI is InChI=1S/C37H42N6O4/c38-18-7-21-39-19-5-6-20-40-22-8-23-41-24-17-31(42-34(44)29-15-13-25-9-1-3-11-27(25)32(29)36(42)46)43-35(45)30-16-14-26-10-2-4-12-28(26)33(30)37(43)47/h1-4,9-16,31,39-41H,5-8,17-24,38H2. The Hall–Kier alpha value is -4.48. The lowest BCUT2D eigenvalue weighted by molar-refractivity contribution is 0.0275. The van der Waals surface area contributed by atoms with E-state index in [-0.39, 0.29) is 17.5 Å². The van der Waals surface area contributed by atoms with Crippen LogP contribution in [0.25, 0.3) is 21.5 Å². The molecule has 4 aromatic rings. The van der Waals surface area contributed by atoms with E-state index in [0.29, 0.717) is 41.5 Å². The van der Waals surface area contributed by atoms with Crippen LogP contribution in [0.1, 0.15) is 73.5 Å². The van der Waals surface area contributed by atoms with Gasteiger partial charge in [-0.15, -0.1) is 0 Å².